The van der Waals surface area contributed by atoms with Crippen molar-refractivity contribution in [3.8, 4) is 5.75 Å². The maximum atomic E-state index is 11.9. The van der Waals surface area contributed by atoms with Gasteiger partial charge in [0.2, 0.25) is 0 Å². The number of hydrogen-bond acceptors (Lipinski definition) is 2. The molecule has 1 N–H and O–H groups in total. The lowest BCUT2D eigenvalue weighted by Crippen LogP contribution is -2.36. The van der Waals surface area contributed by atoms with Crippen molar-refractivity contribution in [3.63, 3.8) is 0 Å². The Labute approximate surface area is 118 Å². The second kappa shape index (κ2) is 4.61. The van der Waals surface area contributed by atoms with Gasteiger partial charge in [0.25, 0.3) is 5.91 Å². The van der Waals surface area contributed by atoms with Gasteiger partial charge in [-0.3, -0.25) is 4.79 Å². The van der Waals surface area contributed by atoms with Crippen molar-refractivity contribution in [3.05, 3.63) is 63.2 Å². The Hall–Kier alpha value is -1.56. The van der Waals surface area contributed by atoms with Crippen LogP contribution in [0.2, 0.25) is 0 Å². The summed E-state index contributed by atoms with van der Waals surface area (Å²) in [6, 6.07) is 15.2. The van der Waals surface area contributed by atoms with E-state index in [4.69, 9.17) is 4.74 Å². The molecule has 2 aromatic rings. The van der Waals surface area contributed by atoms with E-state index >= 15 is 0 Å². The van der Waals surface area contributed by atoms with Gasteiger partial charge >= 0.3 is 0 Å². The zero-order chi connectivity index (χ0) is 12.5. The minimum Gasteiger partial charge on any atom is -0.466 e. The molecule has 0 bridgehead atoms. The first kappa shape index (κ1) is 11.5. The van der Waals surface area contributed by atoms with Crippen molar-refractivity contribution in [2.75, 3.05) is 0 Å². The van der Waals surface area contributed by atoms with Gasteiger partial charge in [0.15, 0.2) is 6.23 Å². The fourth-order valence-electron chi connectivity index (χ4n) is 1.90. The Balaban J connectivity index is 1.94. The van der Waals surface area contributed by atoms with E-state index in [1.807, 2.05) is 42.5 Å². The summed E-state index contributed by atoms with van der Waals surface area (Å²) in [6.45, 7) is 0. The van der Waals surface area contributed by atoms with Crippen LogP contribution in [0.25, 0.3) is 0 Å². The lowest BCUT2D eigenvalue weighted by Gasteiger charge is -2.26. The average molecular weight is 351 g/mol. The number of benzene rings is 2. The Morgan fingerprint density at radius 1 is 1.06 bits per heavy atom. The quantitative estimate of drug-likeness (QED) is 0.802. The molecular formula is C14H10INO2. The van der Waals surface area contributed by atoms with Gasteiger partial charge in [-0.05, 0) is 46.9 Å². The lowest BCUT2D eigenvalue weighted by molar-refractivity contribution is 0.0756. The van der Waals surface area contributed by atoms with E-state index in [0.29, 0.717) is 11.3 Å². The van der Waals surface area contributed by atoms with Crippen LogP contribution in [0, 0.1) is 3.57 Å². The summed E-state index contributed by atoms with van der Waals surface area (Å²) in [5.41, 5.74) is 1.53. The molecule has 3 nitrogen and oxygen atoms in total. The standard InChI is InChI=1S/C14H10INO2/c15-10-7-5-9(6-8-10)14-16-13(17)11-3-1-2-4-12(11)18-14/h1-8,14H,(H,16,17). The Kier molecular flexibility index (Phi) is 2.95. The first-order valence-corrected chi connectivity index (χ1v) is 6.64. The van der Waals surface area contributed by atoms with E-state index < -0.39 is 6.23 Å². The van der Waals surface area contributed by atoms with Crippen LogP contribution in [0.3, 0.4) is 0 Å². The summed E-state index contributed by atoms with van der Waals surface area (Å²) in [5, 5.41) is 2.84. The zero-order valence-electron chi connectivity index (χ0n) is 9.39. The summed E-state index contributed by atoms with van der Waals surface area (Å²) in [5.74, 6) is 0.533. The second-order valence-electron chi connectivity index (χ2n) is 4.02. The molecule has 0 spiro atoms. The summed E-state index contributed by atoms with van der Waals surface area (Å²) < 4.78 is 6.95. The van der Waals surface area contributed by atoms with E-state index in [9.17, 15) is 4.79 Å². The third-order valence-corrected chi connectivity index (χ3v) is 3.53. The number of carbonyl (C=O) groups excluding carboxylic acids is 1. The van der Waals surface area contributed by atoms with Gasteiger partial charge in [-0.1, -0.05) is 24.3 Å². The molecule has 1 atom stereocenters. The number of fused-ring (bicyclic) bond motifs is 1. The van der Waals surface area contributed by atoms with Crippen LogP contribution in [0.5, 0.6) is 5.75 Å². The van der Waals surface area contributed by atoms with Gasteiger partial charge in [-0.25, -0.2) is 0 Å². The van der Waals surface area contributed by atoms with Crippen LogP contribution >= 0.6 is 22.6 Å². The molecule has 90 valence electrons. The molecule has 0 saturated carbocycles. The molecule has 0 aliphatic carbocycles. The molecule has 0 aromatic heterocycles. The Bertz CT molecular complexity index is 595. The molecule has 0 fully saturated rings. The first-order chi connectivity index (χ1) is 8.74. The first-order valence-electron chi connectivity index (χ1n) is 5.56. The molecule has 1 aliphatic heterocycles. The summed E-state index contributed by atoms with van der Waals surface area (Å²) in [4.78, 5) is 11.9. The van der Waals surface area contributed by atoms with Gasteiger partial charge in [0.05, 0.1) is 5.56 Å². The van der Waals surface area contributed by atoms with Crippen molar-refractivity contribution >= 4 is 28.5 Å². The molecule has 3 rings (SSSR count). The molecule has 1 heterocycles. The number of carbonyl (C=O) groups is 1. The minimum atomic E-state index is -0.413. The molecule has 1 unspecified atom stereocenters. The van der Waals surface area contributed by atoms with E-state index in [2.05, 4.69) is 27.9 Å². The molecule has 1 aliphatic rings. The maximum Gasteiger partial charge on any atom is 0.258 e. The van der Waals surface area contributed by atoms with E-state index in [1.54, 1.807) is 6.07 Å². The number of halogens is 1. The smallest absolute Gasteiger partial charge is 0.258 e. The van der Waals surface area contributed by atoms with Crippen molar-refractivity contribution < 1.29 is 9.53 Å². The number of para-hydroxylation sites is 1. The Morgan fingerprint density at radius 3 is 2.56 bits per heavy atom. The fourth-order valence-corrected chi connectivity index (χ4v) is 2.26. The monoisotopic (exact) mass is 351 g/mol. The maximum absolute atomic E-state index is 11.9. The zero-order valence-corrected chi connectivity index (χ0v) is 11.5. The molecule has 1 amide bonds. The van der Waals surface area contributed by atoms with Gasteiger partial charge in [-0.15, -0.1) is 0 Å². The van der Waals surface area contributed by atoms with Crippen LogP contribution in [0.4, 0.5) is 0 Å². The summed E-state index contributed by atoms with van der Waals surface area (Å²) in [7, 11) is 0. The van der Waals surface area contributed by atoms with Gasteiger partial charge < -0.3 is 10.1 Å². The Morgan fingerprint density at radius 2 is 1.78 bits per heavy atom. The number of rotatable bonds is 1. The van der Waals surface area contributed by atoms with Gasteiger partial charge in [-0.2, -0.15) is 0 Å². The van der Waals surface area contributed by atoms with Crippen molar-refractivity contribution in [2.45, 2.75) is 6.23 Å². The number of nitrogens with one attached hydrogen (secondary N) is 1. The molecule has 4 heteroatoms. The van der Waals surface area contributed by atoms with Gasteiger partial charge in [0.1, 0.15) is 5.75 Å². The van der Waals surface area contributed by atoms with Crippen molar-refractivity contribution in [2.24, 2.45) is 0 Å². The topological polar surface area (TPSA) is 38.3 Å². The molecule has 0 radical (unpaired) electrons. The predicted molar refractivity (Wildman–Crippen MR) is 76.4 cm³/mol. The highest BCUT2D eigenvalue weighted by Gasteiger charge is 2.25. The van der Waals surface area contributed by atoms with Crippen LogP contribution in [-0.2, 0) is 0 Å². The van der Waals surface area contributed by atoms with Gasteiger partial charge in [0, 0.05) is 9.13 Å². The third kappa shape index (κ3) is 2.08. The minimum absolute atomic E-state index is 0.0969. The third-order valence-electron chi connectivity index (χ3n) is 2.81. The SMILES string of the molecule is O=C1NC(c2ccc(I)cc2)Oc2ccccc21. The number of ether oxygens (including phenoxy) is 1. The molecule has 18 heavy (non-hydrogen) atoms. The number of hydrogen-bond donors (Lipinski definition) is 1. The van der Waals surface area contributed by atoms with E-state index in [-0.39, 0.29) is 5.91 Å². The van der Waals surface area contributed by atoms with Crippen LogP contribution in [0.15, 0.2) is 48.5 Å². The largest absolute Gasteiger partial charge is 0.466 e. The highest BCUT2D eigenvalue weighted by molar-refractivity contribution is 14.1. The number of amides is 1. The summed E-state index contributed by atoms with van der Waals surface area (Å²) in [6.07, 6.45) is -0.413. The lowest BCUT2D eigenvalue weighted by atomic mass is 10.1. The highest BCUT2D eigenvalue weighted by Crippen LogP contribution is 2.28. The normalized spacial score (nSPS) is 17.6. The van der Waals surface area contributed by atoms with Crippen LogP contribution < -0.4 is 10.1 Å². The molecular weight excluding hydrogens is 341 g/mol. The van der Waals surface area contributed by atoms with Crippen molar-refractivity contribution in [1.29, 1.82) is 0 Å². The van der Waals surface area contributed by atoms with Crippen LogP contribution in [-0.4, -0.2) is 5.91 Å². The van der Waals surface area contributed by atoms with Crippen molar-refractivity contribution in [1.82, 2.24) is 5.32 Å². The second-order valence-corrected chi connectivity index (χ2v) is 5.26. The highest BCUT2D eigenvalue weighted by atomic mass is 127. The van der Waals surface area contributed by atoms with E-state index in [1.165, 1.54) is 0 Å². The van der Waals surface area contributed by atoms with Crippen LogP contribution in [0.1, 0.15) is 22.1 Å². The van der Waals surface area contributed by atoms with E-state index in [0.717, 1.165) is 9.13 Å². The summed E-state index contributed by atoms with van der Waals surface area (Å²) >= 11 is 2.24. The molecule has 2 aromatic carbocycles. The molecule has 0 saturated heterocycles. The fraction of sp³-hybridized carbons (Fsp3) is 0.0714. The average Bonchev–Trinajstić information content (AvgIpc) is 2.39. The predicted octanol–water partition coefficient (Wildman–Crippen LogP) is 3.11.